The van der Waals surface area contributed by atoms with Gasteiger partial charge in [0.05, 0.1) is 13.7 Å². The summed E-state index contributed by atoms with van der Waals surface area (Å²) in [4.78, 5) is 14.5. The Bertz CT molecular complexity index is 887. The molecule has 1 amide bonds. The molecule has 3 aromatic rings. The van der Waals surface area contributed by atoms with E-state index in [1.54, 1.807) is 7.11 Å². The Kier molecular flexibility index (Phi) is 5.91. The zero-order valence-corrected chi connectivity index (χ0v) is 15.9. The molecule has 27 heavy (non-hydrogen) atoms. The Labute approximate surface area is 159 Å². The van der Waals surface area contributed by atoms with Crippen molar-refractivity contribution in [3.05, 3.63) is 71.9 Å². The van der Waals surface area contributed by atoms with Crippen molar-refractivity contribution in [2.24, 2.45) is 5.92 Å². The molecule has 0 aliphatic rings. The van der Waals surface area contributed by atoms with Gasteiger partial charge in [-0.25, -0.2) is 0 Å². The molecule has 2 aromatic carbocycles. The monoisotopic (exact) mass is 364 g/mol. The van der Waals surface area contributed by atoms with Gasteiger partial charge in [0, 0.05) is 24.1 Å². The van der Waals surface area contributed by atoms with Crippen LogP contribution in [-0.2, 0) is 17.9 Å². The van der Waals surface area contributed by atoms with Gasteiger partial charge >= 0.3 is 0 Å². The highest BCUT2D eigenvalue weighted by Crippen LogP contribution is 2.25. The third-order valence-electron chi connectivity index (χ3n) is 4.29. The smallest absolute Gasteiger partial charge is 0.225 e. The molecular formula is C22H24N2O3. The summed E-state index contributed by atoms with van der Waals surface area (Å²) in [5, 5.41) is 4.16. The lowest BCUT2D eigenvalue weighted by molar-refractivity contribution is -0.135. The number of rotatable bonds is 7. The summed E-state index contributed by atoms with van der Waals surface area (Å²) in [6.07, 6.45) is 0. The number of carbonyl (C=O) groups excluding carboxylic acids is 1. The van der Waals surface area contributed by atoms with Gasteiger partial charge in [-0.05, 0) is 17.7 Å². The van der Waals surface area contributed by atoms with Crippen LogP contribution >= 0.6 is 0 Å². The fourth-order valence-corrected chi connectivity index (χ4v) is 2.87. The van der Waals surface area contributed by atoms with E-state index in [1.165, 1.54) is 0 Å². The standard InChI is InChI=1S/C22H24N2O3/c1-16(2)22(25)24(14-17-8-5-4-6-9-17)15-19-13-21(27-23-19)18-10-7-11-20(12-18)26-3/h4-13,16H,14-15H2,1-3H3. The first-order valence-electron chi connectivity index (χ1n) is 8.99. The van der Waals surface area contributed by atoms with Gasteiger partial charge in [0.15, 0.2) is 5.76 Å². The van der Waals surface area contributed by atoms with Crippen molar-refractivity contribution in [3.8, 4) is 17.1 Å². The average Bonchev–Trinajstić information content (AvgIpc) is 3.16. The molecule has 0 bridgehead atoms. The fraction of sp³-hybridized carbons (Fsp3) is 0.273. The van der Waals surface area contributed by atoms with Crippen LogP contribution in [0.25, 0.3) is 11.3 Å². The Morgan fingerprint density at radius 3 is 2.56 bits per heavy atom. The first kappa shape index (κ1) is 18.7. The first-order chi connectivity index (χ1) is 13.1. The number of aromatic nitrogens is 1. The maximum atomic E-state index is 12.7. The second-order valence-corrected chi connectivity index (χ2v) is 6.75. The van der Waals surface area contributed by atoms with Crippen LogP contribution in [0.4, 0.5) is 0 Å². The summed E-state index contributed by atoms with van der Waals surface area (Å²) in [6, 6.07) is 19.4. The molecule has 0 N–H and O–H groups in total. The number of ether oxygens (including phenoxy) is 1. The minimum atomic E-state index is -0.0848. The van der Waals surface area contributed by atoms with Gasteiger partial charge < -0.3 is 14.2 Å². The van der Waals surface area contributed by atoms with Gasteiger partial charge in [0.25, 0.3) is 0 Å². The molecule has 5 heteroatoms. The van der Waals surface area contributed by atoms with Crippen LogP contribution in [0.3, 0.4) is 0 Å². The molecule has 1 aromatic heterocycles. The molecule has 3 rings (SSSR count). The fourth-order valence-electron chi connectivity index (χ4n) is 2.87. The number of benzene rings is 2. The van der Waals surface area contributed by atoms with Gasteiger partial charge in [-0.2, -0.15) is 0 Å². The summed E-state index contributed by atoms with van der Waals surface area (Å²) in [5.41, 5.74) is 2.69. The normalized spacial score (nSPS) is 10.8. The number of carbonyl (C=O) groups is 1. The Balaban J connectivity index is 1.79. The Morgan fingerprint density at radius 1 is 1.07 bits per heavy atom. The van der Waals surface area contributed by atoms with E-state index in [0.717, 1.165) is 22.6 Å². The molecule has 0 saturated heterocycles. The summed E-state index contributed by atoms with van der Waals surface area (Å²) in [7, 11) is 1.63. The number of methoxy groups -OCH3 is 1. The lowest BCUT2D eigenvalue weighted by Crippen LogP contribution is -2.33. The van der Waals surface area contributed by atoms with E-state index >= 15 is 0 Å². The van der Waals surface area contributed by atoms with Crippen LogP contribution < -0.4 is 4.74 Å². The van der Waals surface area contributed by atoms with Crippen molar-refractivity contribution in [2.75, 3.05) is 7.11 Å². The Hall–Kier alpha value is -3.08. The maximum absolute atomic E-state index is 12.7. The van der Waals surface area contributed by atoms with Crippen molar-refractivity contribution in [1.29, 1.82) is 0 Å². The maximum Gasteiger partial charge on any atom is 0.225 e. The van der Waals surface area contributed by atoms with Crippen LogP contribution in [0.1, 0.15) is 25.1 Å². The summed E-state index contributed by atoms with van der Waals surface area (Å²) in [5.74, 6) is 1.41. The molecule has 5 nitrogen and oxygen atoms in total. The zero-order chi connectivity index (χ0) is 19.2. The van der Waals surface area contributed by atoms with E-state index in [9.17, 15) is 4.79 Å². The topological polar surface area (TPSA) is 55.6 Å². The number of amides is 1. The van der Waals surface area contributed by atoms with E-state index in [-0.39, 0.29) is 11.8 Å². The van der Waals surface area contributed by atoms with E-state index in [1.807, 2.05) is 79.4 Å². The number of nitrogens with zero attached hydrogens (tertiary/aromatic N) is 2. The lowest BCUT2D eigenvalue weighted by atomic mass is 10.1. The molecule has 0 aliphatic carbocycles. The molecule has 0 spiro atoms. The van der Waals surface area contributed by atoms with Gasteiger partial charge in [-0.1, -0.05) is 61.5 Å². The van der Waals surface area contributed by atoms with Crippen LogP contribution in [-0.4, -0.2) is 23.1 Å². The van der Waals surface area contributed by atoms with Crippen LogP contribution in [0, 0.1) is 5.92 Å². The molecule has 0 atom stereocenters. The molecule has 0 radical (unpaired) electrons. The number of hydrogen-bond donors (Lipinski definition) is 0. The summed E-state index contributed by atoms with van der Waals surface area (Å²) < 4.78 is 10.8. The van der Waals surface area contributed by atoms with Gasteiger partial charge in [0.1, 0.15) is 11.4 Å². The van der Waals surface area contributed by atoms with Crippen molar-refractivity contribution in [2.45, 2.75) is 26.9 Å². The minimum absolute atomic E-state index is 0.0848. The quantitative estimate of drug-likeness (QED) is 0.618. The van der Waals surface area contributed by atoms with Gasteiger partial charge in [-0.15, -0.1) is 0 Å². The van der Waals surface area contributed by atoms with Crippen LogP contribution in [0.15, 0.2) is 65.2 Å². The molecule has 1 heterocycles. The largest absolute Gasteiger partial charge is 0.497 e. The SMILES string of the molecule is COc1cccc(-c2cc(CN(Cc3ccccc3)C(=O)C(C)C)no2)c1. The highest BCUT2D eigenvalue weighted by Gasteiger charge is 2.20. The van der Waals surface area contributed by atoms with Gasteiger partial charge in [-0.3, -0.25) is 4.79 Å². The minimum Gasteiger partial charge on any atom is -0.497 e. The van der Waals surface area contributed by atoms with E-state index in [2.05, 4.69) is 5.16 Å². The predicted molar refractivity (Wildman–Crippen MR) is 104 cm³/mol. The molecule has 0 saturated carbocycles. The van der Waals surface area contributed by atoms with E-state index in [0.29, 0.717) is 18.8 Å². The second kappa shape index (κ2) is 8.54. The van der Waals surface area contributed by atoms with Crippen molar-refractivity contribution < 1.29 is 14.1 Å². The third-order valence-corrected chi connectivity index (χ3v) is 4.29. The summed E-state index contributed by atoms with van der Waals surface area (Å²) >= 11 is 0. The predicted octanol–water partition coefficient (Wildman–Crippen LogP) is 4.54. The first-order valence-corrected chi connectivity index (χ1v) is 8.99. The highest BCUT2D eigenvalue weighted by molar-refractivity contribution is 5.78. The lowest BCUT2D eigenvalue weighted by Gasteiger charge is -2.23. The average molecular weight is 364 g/mol. The van der Waals surface area contributed by atoms with Crippen molar-refractivity contribution in [1.82, 2.24) is 10.1 Å². The number of hydrogen-bond acceptors (Lipinski definition) is 4. The highest BCUT2D eigenvalue weighted by atomic mass is 16.5. The van der Waals surface area contributed by atoms with Crippen molar-refractivity contribution >= 4 is 5.91 Å². The third kappa shape index (κ3) is 4.76. The Morgan fingerprint density at radius 2 is 1.85 bits per heavy atom. The van der Waals surface area contributed by atoms with Crippen LogP contribution in [0.5, 0.6) is 5.75 Å². The summed E-state index contributed by atoms with van der Waals surface area (Å²) in [6.45, 7) is 4.76. The van der Waals surface area contributed by atoms with Crippen LogP contribution in [0.2, 0.25) is 0 Å². The molecule has 140 valence electrons. The van der Waals surface area contributed by atoms with E-state index in [4.69, 9.17) is 9.26 Å². The van der Waals surface area contributed by atoms with Crippen molar-refractivity contribution in [3.63, 3.8) is 0 Å². The molecule has 0 aliphatic heterocycles. The molecule has 0 unspecified atom stereocenters. The second-order valence-electron chi connectivity index (χ2n) is 6.75. The van der Waals surface area contributed by atoms with E-state index < -0.39 is 0 Å². The van der Waals surface area contributed by atoms with Gasteiger partial charge in [0.2, 0.25) is 5.91 Å². The zero-order valence-electron chi connectivity index (χ0n) is 15.9. The molecule has 0 fully saturated rings. The molecular weight excluding hydrogens is 340 g/mol.